The normalized spacial score (nSPS) is 16.3. The molecule has 0 amide bonds. The van der Waals surface area contributed by atoms with Crippen molar-refractivity contribution >= 4 is 11.6 Å². The molecule has 0 bridgehead atoms. The molecule has 0 saturated heterocycles. The summed E-state index contributed by atoms with van der Waals surface area (Å²) in [7, 11) is 0. The fraction of sp³-hybridized carbons (Fsp3) is 0.615. The van der Waals surface area contributed by atoms with Crippen LogP contribution in [0.4, 0.5) is 5.95 Å². The van der Waals surface area contributed by atoms with Crippen LogP contribution >= 0.6 is 0 Å². The number of H-pyrrole nitrogens is 1. The number of rotatable bonds is 3. The topological polar surface area (TPSA) is 75.1 Å². The van der Waals surface area contributed by atoms with Crippen molar-refractivity contribution in [2.75, 3.05) is 5.32 Å². The maximum Gasteiger partial charge on any atom is 0.350 e. The minimum absolute atomic E-state index is 0.221. The van der Waals surface area contributed by atoms with Crippen molar-refractivity contribution in [3.05, 3.63) is 21.7 Å². The Morgan fingerprint density at radius 2 is 2.21 bits per heavy atom. The van der Waals surface area contributed by atoms with Crippen LogP contribution in [0.25, 0.3) is 5.65 Å². The highest BCUT2D eigenvalue weighted by molar-refractivity contribution is 5.55. The summed E-state index contributed by atoms with van der Waals surface area (Å²) in [5.41, 5.74) is 2.73. The third-order valence-electron chi connectivity index (χ3n) is 3.82. The molecule has 2 heterocycles. The predicted octanol–water partition coefficient (Wildman–Crippen LogP) is 1.51. The smallest absolute Gasteiger partial charge is 0.350 e. The van der Waals surface area contributed by atoms with Gasteiger partial charge in [0, 0.05) is 11.6 Å². The molecular weight excluding hydrogens is 242 g/mol. The van der Waals surface area contributed by atoms with Crippen LogP contribution in [0.2, 0.25) is 0 Å². The lowest BCUT2D eigenvalue weighted by Crippen LogP contribution is -2.23. The van der Waals surface area contributed by atoms with Gasteiger partial charge in [-0.1, -0.05) is 6.92 Å². The largest absolute Gasteiger partial charge is 0.353 e. The molecule has 6 nitrogen and oxygen atoms in total. The van der Waals surface area contributed by atoms with E-state index in [9.17, 15) is 4.79 Å². The number of aromatic amines is 1. The number of aromatic nitrogens is 4. The SMILES string of the molecule is CC[C@H](C)Nc1nc2c(c3n[nH]c(=O)n13)CCCC2. The van der Waals surface area contributed by atoms with Crippen molar-refractivity contribution in [2.45, 2.75) is 52.0 Å². The number of nitrogens with zero attached hydrogens (tertiary/aromatic N) is 3. The molecule has 0 saturated carbocycles. The van der Waals surface area contributed by atoms with Gasteiger partial charge in [-0.2, -0.15) is 5.10 Å². The van der Waals surface area contributed by atoms with Crippen LogP contribution in [0.1, 0.15) is 44.4 Å². The number of fused-ring (bicyclic) bond motifs is 3. The zero-order valence-electron chi connectivity index (χ0n) is 11.4. The van der Waals surface area contributed by atoms with Crippen LogP contribution in [0.15, 0.2) is 4.79 Å². The zero-order valence-corrected chi connectivity index (χ0v) is 11.4. The molecule has 6 heteroatoms. The molecule has 0 spiro atoms. The van der Waals surface area contributed by atoms with Crippen molar-refractivity contribution in [3.63, 3.8) is 0 Å². The number of nitrogens with one attached hydrogen (secondary N) is 2. The first-order valence-corrected chi connectivity index (χ1v) is 6.96. The molecule has 3 rings (SSSR count). The van der Waals surface area contributed by atoms with Gasteiger partial charge in [-0.25, -0.2) is 19.3 Å². The Kier molecular flexibility index (Phi) is 3.00. The first-order valence-electron chi connectivity index (χ1n) is 6.96. The Bertz CT molecular complexity index is 657. The third kappa shape index (κ3) is 2.01. The first kappa shape index (κ1) is 12.2. The second-order valence-electron chi connectivity index (χ2n) is 5.21. The summed E-state index contributed by atoms with van der Waals surface area (Å²) < 4.78 is 1.57. The minimum atomic E-state index is -0.221. The maximum absolute atomic E-state index is 11.9. The third-order valence-corrected chi connectivity index (χ3v) is 3.82. The standard InChI is InChI=1S/C13H19N5O/c1-3-8(2)14-12-15-10-7-5-4-6-9(10)11-16-17-13(19)18(11)12/h8H,3-7H2,1-2H3,(H,14,15)(H,17,19)/t8-/m0/s1. The molecule has 1 atom stereocenters. The fourth-order valence-corrected chi connectivity index (χ4v) is 2.55. The van der Waals surface area contributed by atoms with Crippen molar-refractivity contribution in [1.29, 1.82) is 0 Å². The van der Waals surface area contributed by atoms with E-state index in [1.807, 2.05) is 0 Å². The van der Waals surface area contributed by atoms with Crippen LogP contribution in [-0.4, -0.2) is 25.6 Å². The van der Waals surface area contributed by atoms with Gasteiger partial charge in [0.2, 0.25) is 5.95 Å². The summed E-state index contributed by atoms with van der Waals surface area (Å²) in [4.78, 5) is 16.6. The van der Waals surface area contributed by atoms with Crippen molar-refractivity contribution in [3.8, 4) is 0 Å². The fourth-order valence-electron chi connectivity index (χ4n) is 2.55. The van der Waals surface area contributed by atoms with E-state index in [1.54, 1.807) is 4.40 Å². The Balaban J connectivity index is 2.20. The molecular formula is C13H19N5O. The van der Waals surface area contributed by atoms with E-state index in [0.717, 1.165) is 49.0 Å². The number of aryl methyl sites for hydroxylation is 2. The van der Waals surface area contributed by atoms with Gasteiger partial charge in [-0.05, 0) is 39.0 Å². The van der Waals surface area contributed by atoms with E-state index in [2.05, 4.69) is 34.3 Å². The van der Waals surface area contributed by atoms with E-state index in [0.29, 0.717) is 5.95 Å². The summed E-state index contributed by atoms with van der Waals surface area (Å²) >= 11 is 0. The summed E-state index contributed by atoms with van der Waals surface area (Å²) in [5.74, 6) is 0.615. The predicted molar refractivity (Wildman–Crippen MR) is 73.6 cm³/mol. The monoisotopic (exact) mass is 261 g/mol. The highest BCUT2D eigenvalue weighted by atomic mass is 16.1. The lowest BCUT2D eigenvalue weighted by Gasteiger charge is -2.19. The Morgan fingerprint density at radius 3 is 3.00 bits per heavy atom. The van der Waals surface area contributed by atoms with E-state index in [1.165, 1.54) is 0 Å². The molecule has 0 unspecified atom stereocenters. The van der Waals surface area contributed by atoms with E-state index in [4.69, 9.17) is 0 Å². The Labute approximate surface area is 111 Å². The molecule has 1 aliphatic rings. The first-order chi connectivity index (χ1) is 9.20. The Hall–Kier alpha value is -1.85. The van der Waals surface area contributed by atoms with Crippen molar-refractivity contribution in [2.24, 2.45) is 0 Å². The molecule has 2 aromatic rings. The maximum atomic E-state index is 11.9. The summed E-state index contributed by atoms with van der Waals surface area (Å²) in [5, 5.41) is 10.0. The van der Waals surface area contributed by atoms with Gasteiger partial charge >= 0.3 is 5.69 Å². The molecule has 1 aliphatic carbocycles. The highest BCUT2D eigenvalue weighted by Crippen LogP contribution is 2.24. The van der Waals surface area contributed by atoms with Gasteiger partial charge in [0.1, 0.15) is 0 Å². The van der Waals surface area contributed by atoms with Crippen LogP contribution in [0, 0.1) is 0 Å². The second-order valence-corrected chi connectivity index (χ2v) is 5.21. The molecule has 0 radical (unpaired) electrons. The lowest BCUT2D eigenvalue weighted by molar-refractivity contribution is 0.661. The van der Waals surface area contributed by atoms with E-state index in [-0.39, 0.29) is 11.7 Å². The van der Waals surface area contributed by atoms with Crippen LogP contribution in [-0.2, 0) is 12.8 Å². The van der Waals surface area contributed by atoms with Gasteiger partial charge in [0.25, 0.3) is 0 Å². The van der Waals surface area contributed by atoms with Gasteiger partial charge < -0.3 is 5.32 Å². The van der Waals surface area contributed by atoms with Gasteiger partial charge in [0.05, 0.1) is 5.69 Å². The zero-order chi connectivity index (χ0) is 13.4. The van der Waals surface area contributed by atoms with Crippen molar-refractivity contribution in [1.82, 2.24) is 19.6 Å². The number of hydrogen-bond acceptors (Lipinski definition) is 4. The van der Waals surface area contributed by atoms with Crippen LogP contribution in [0.5, 0.6) is 0 Å². The second kappa shape index (κ2) is 4.68. The van der Waals surface area contributed by atoms with Gasteiger partial charge in [-0.15, -0.1) is 0 Å². The molecule has 2 N–H and O–H groups in total. The average molecular weight is 261 g/mol. The van der Waals surface area contributed by atoms with Gasteiger partial charge in [-0.3, -0.25) is 0 Å². The molecule has 102 valence electrons. The average Bonchev–Trinajstić information content (AvgIpc) is 2.81. The Morgan fingerprint density at radius 1 is 1.42 bits per heavy atom. The van der Waals surface area contributed by atoms with Crippen LogP contribution in [0.3, 0.4) is 0 Å². The highest BCUT2D eigenvalue weighted by Gasteiger charge is 2.20. The van der Waals surface area contributed by atoms with Gasteiger partial charge in [0.15, 0.2) is 5.65 Å². The molecule has 19 heavy (non-hydrogen) atoms. The van der Waals surface area contributed by atoms with E-state index >= 15 is 0 Å². The van der Waals surface area contributed by atoms with Crippen molar-refractivity contribution < 1.29 is 0 Å². The lowest BCUT2D eigenvalue weighted by atomic mass is 9.97. The van der Waals surface area contributed by atoms with Crippen LogP contribution < -0.4 is 11.0 Å². The quantitative estimate of drug-likeness (QED) is 0.878. The molecule has 0 aromatic carbocycles. The minimum Gasteiger partial charge on any atom is -0.353 e. The molecule has 0 aliphatic heterocycles. The number of anilines is 1. The number of hydrogen-bond donors (Lipinski definition) is 2. The molecule has 0 fully saturated rings. The summed E-state index contributed by atoms with van der Waals surface area (Å²) in [6, 6.07) is 0.277. The molecule has 2 aromatic heterocycles. The van der Waals surface area contributed by atoms with E-state index < -0.39 is 0 Å². The summed E-state index contributed by atoms with van der Waals surface area (Å²) in [6.45, 7) is 4.18. The summed E-state index contributed by atoms with van der Waals surface area (Å²) in [6.07, 6.45) is 5.21.